The number of nitrogens with one attached hydrogen (secondary N) is 1. The van der Waals surface area contributed by atoms with Crippen LogP contribution in [0.15, 0.2) is 54.6 Å². The van der Waals surface area contributed by atoms with Crippen molar-refractivity contribution in [3.05, 3.63) is 71.3 Å². The van der Waals surface area contributed by atoms with Crippen LogP contribution in [0.25, 0.3) is 0 Å². The standard InChI is InChI=1S/C25H32N2O/c1-16(2)21-15-12-18(4)22-23(19-8-6-5-7-9-19)26-27(24(21)22)25(28)20-13-10-17(3)11-14-20/h5-11,13-14,16,18,21-24,26H,12,15H2,1-4H3/t18-,21+,22+,23-,24+/m0/s1. The maximum Gasteiger partial charge on any atom is 0.268 e. The molecule has 0 aromatic heterocycles. The molecule has 0 unspecified atom stereocenters. The normalized spacial score (nSPS) is 29.8. The number of amides is 1. The second-order valence-electron chi connectivity index (χ2n) is 9.09. The Kier molecular flexibility index (Phi) is 5.29. The molecule has 28 heavy (non-hydrogen) atoms. The van der Waals surface area contributed by atoms with Crippen molar-refractivity contribution in [1.29, 1.82) is 0 Å². The van der Waals surface area contributed by atoms with Crippen molar-refractivity contribution >= 4 is 5.91 Å². The molecule has 1 heterocycles. The molecule has 2 aliphatic rings. The van der Waals surface area contributed by atoms with Crippen LogP contribution in [0.5, 0.6) is 0 Å². The highest BCUT2D eigenvalue weighted by Gasteiger charge is 2.52. The number of aryl methyl sites for hydroxylation is 1. The van der Waals surface area contributed by atoms with Crippen LogP contribution >= 0.6 is 0 Å². The molecule has 2 aromatic carbocycles. The smallest absolute Gasteiger partial charge is 0.268 e. The lowest BCUT2D eigenvalue weighted by molar-refractivity contribution is 0.0338. The quantitative estimate of drug-likeness (QED) is 0.779. The first kappa shape index (κ1) is 19.2. The molecule has 1 N–H and O–H groups in total. The molecule has 4 rings (SSSR count). The predicted octanol–water partition coefficient (Wildman–Crippen LogP) is 5.38. The van der Waals surface area contributed by atoms with Gasteiger partial charge in [0.05, 0.1) is 12.1 Å². The highest BCUT2D eigenvalue weighted by atomic mass is 16.2. The Balaban J connectivity index is 1.74. The van der Waals surface area contributed by atoms with Crippen molar-refractivity contribution in [2.24, 2.45) is 23.7 Å². The fourth-order valence-corrected chi connectivity index (χ4v) is 5.37. The van der Waals surface area contributed by atoms with Crippen LogP contribution in [0.1, 0.15) is 61.1 Å². The van der Waals surface area contributed by atoms with Gasteiger partial charge in [-0.15, -0.1) is 0 Å². The number of hydrogen-bond acceptors (Lipinski definition) is 2. The Morgan fingerprint density at radius 1 is 1.04 bits per heavy atom. The van der Waals surface area contributed by atoms with E-state index < -0.39 is 0 Å². The molecular weight excluding hydrogens is 344 g/mol. The lowest BCUT2D eigenvalue weighted by Crippen LogP contribution is -2.50. The molecule has 1 saturated carbocycles. The summed E-state index contributed by atoms with van der Waals surface area (Å²) in [6.45, 7) is 9.04. The minimum atomic E-state index is 0.105. The van der Waals surface area contributed by atoms with Crippen molar-refractivity contribution in [3.8, 4) is 0 Å². The van der Waals surface area contributed by atoms with Gasteiger partial charge >= 0.3 is 0 Å². The van der Waals surface area contributed by atoms with Crippen LogP contribution in [0.4, 0.5) is 0 Å². The summed E-state index contributed by atoms with van der Waals surface area (Å²) in [5, 5.41) is 1.99. The van der Waals surface area contributed by atoms with Gasteiger partial charge in [0.15, 0.2) is 0 Å². The Bertz CT molecular complexity index is 814. The third-order valence-electron chi connectivity index (χ3n) is 6.94. The molecule has 3 nitrogen and oxygen atoms in total. The van der Waals surface area contributed by atoms with Crippen LogP contribution in [-0.2, 0) is 0 Å². The van der Waals surface area contributed by atoms with E-state index in [1.807, 2.05) is 29.3 Å². The van der Waals surface area contributed by atoms with Crippen molar-refractivity contribution in [1.82, 2.24) is 10.4 Å². The Hall–Kier alpha value is -2.13. The van der Waals surface area contributed by atoms with E-state index >= 15 is 0 Å². The summed E-state index contributed by atoms with van der Waals surface area (Å²) in [6.07, 6.45) is 2.43. The lowest BCUT2D eigenvalue weighted by Gasteiger charge is -2.43. The molecule has 148 valence electrons. The van der Waals surface area contributed by atoms with E-state index in [2.05, 4.69) is 63.5 Å². The zero-order chi connectivity index (χ0) is 19.8. The van der Waals surface area contributed by atoms with Crippen LogP contribution < -0.4 is 5.43 Å². The topological polar surface area (TPSA) is 32.3 Å². The van der Waals surface area contributed by atoms with Gasteiger partial charge in [-0.05, 0) is 55.2 Å². The van der Waals surface area contributed by atoms with E-state index in [-0.39, 0.29) is 18.0 Å². The average Bonchev–Trinajstić information content (AvgIpc) is 3.10. The van der Waals surface area contributed by atoms with Crippen molar-refractivity contribution in [2.45, 2.75) is 52.6 Å². The lowest BCUT2D eigenvalue weighted by atomic mass is 9.65. The summed E-state index contributed by atoms with van der Waals surface area (Å²) in [5.41, 5.74) is 6.89. The highest BCUT2D eigenvalue weighted by molar-refractivity contribution is 5.94. The van der Waals surface area contributed by atoms with Gasteiger partial charge in [-0.2, -0.15) is 0 Å². The number of nitrogens with zero attached hydrogens (tertiary/aromatic N) is 1. The number of carbonyl (C=O) groups is 1. The van der Waals surface area contributed by atoms with E-state index in [1.54, 1.807) is 0 Å². The third kappa shape index (κ3) is 3.37. The van der Waals surface area contributed by atoms with Gasteiger partial charge in [0.1, 0.15) is 0 Å². The summed E-state index contributed by atoms with van der Waals surface area (Å²) in [4.78, 5) is 13.5. The number of benzene rings is 2. The monoisotopic (exact) mass is 376 g/mol. The molecular formula is C25H32N2O. The molecule has 0 bridgehead atoms. The van der Waals surface area contributed by atoms with Crippen LogP contribution in [0.3, 0.4) is 0 Å². The Morgan fingerprint density at radius 2 is 1.71 bits per heavy atom. The Labute approximate surface area is 169 Å². The molecule has 1 aliphatic heterocycles. The van der Waals surface area contributed by atoms with E-state index in [9.17, 15) is 4.79 Å². The summed E-state index contributed by atoms with van der Waals surface area (Å²) in [7, 11) is 0. The average molecular weight is 377 g/mol. The van der Waals surface area contributed by atoms with Gasteiger partial charge in [0.2, 0.25) is 0 Å². The largest absolute Gasteiger partial charge is 0.270 e. The molecule has 0 spiro atoms. The number of rotatable bonds is 3. The maximum absolute atomic E-state index is 13.5. The van der Waals surface area contributed by atoms with Crippen LogP contribution in [-0.4, -0.2) is 17.0 Å². The van der Waals surface area contributed by atoms with Gasteiger partial charge in [0, 0.05) is 11.5 Å². The fourth-order valence-electron chi connectivity index (χ4n) is 5.37. The number of hydrazine groups is 1. The van der Waals surface area contributed by atoms with Crippen molar-refractivity contribution in [3.63, 3.8) is 0 Å². The molecule has 1 amide bonds. The second-order valence-corrected chi connectivity index (χ2v) is 9.09. The molecule has 1 aliphatic carbocycles. The first-order valence-corrected chi connectivity index (χ1v) is 10.7. The molecule has 0 radical (unpaired) electrons. The van der Waals surface area contributed by atoms with Gasteiger partial charge in [-0.25, -0.2) is 5.43 Å². The summed E-state index contributed by atoms with van der Waals surface area (Å²) in [5.74, 6) is 2.22. The zero-order valence-corrected chi connectivity index (χ0v) is 17.4. The van der Waals surface area contributed by atoms with Gasteiger partial charge in [0.25, 0.3) is 5.91 Å². The van der Waals surface area contributed by atoms with Gasteiger partial charge < -0.3 is 0 Å². The molecule has 1 saturated heterocycles. The van der Waals surface area contributed by atoms with Crippen LogP contribution in [0.2, 0.25) is 0 Å². The van der Waals surface area contributed by atoms with E-state index in [4.69, 9.17) is 0 Å². The van der Waals surface area contributed by atoms with E-state index in [0.29, 0.717) is 23.7 Å². The van der Waals surface area contributed by atoms with E-state index in [1.165, 1.54) is 24.0 Å². The molecule has 3 heteroatoms. The SMILES string of the molecule is Cc1ccc(C(=O)N2N[C@@H](c3ccccc3)[C@@H]3[C@H]2[C@@H](C(C)C)CC[C@@H]3C)cc1. The minimum Gasteiger partial charge on any atom is -0.270 e. The zero-order valence-electron chi connectivity index (χ0n) is 17.4. The second kappa shape index (κ2) is 7.71. The number of carbonyl (C=O) groups excluding carboxylic acids is 1. The first-order valence-electron chi connectivity index (χ1n) is 10.7. The molecule has 2 aromatic rings. The summed E-state index contributed by atoms with van der Waals surface area (Å²) >= 11 is 0. The van der Waals surface area contributed by atoms with Gasteiger partial charge in [-0.1, -0.05) is 68.8 Å². The van der Waals surface area contributed by atoms with E-state index in [0.717, 1.165) is 5.56 Å². The molecule has 2 fully saturated rings. The fraction of sp³-hybridized carbons (Fsp3) is 0.480. The summed E-state index contributed by atoms with van der Waals surface area (Å²) < 4.78 is 0. The van der Waals surface area contributed by atoms with Crippen molar-refractivity contribution in [2.75, 3.05) is 0 Å². The summed E-state index contributed by atoms with van der Waals surface area (Å²) in [6, 6.07) is 19.1. The Morgan fingerprint density at radius 3 is 2.36 bits per heavy atom. The van der Waals surface area contributed by atoms with Crippen LogP contribution in [0, 0.1) is 30.6 Å². The molecule has 5 atom stereocenters. The highest BCUT2D eigenvalue weighted by Crippen LogP contribution is 2.49. The third-order valence-corrected chi connectivity index (χ3v) is 6.94. The van der Waals surface area contributed by atoms with Gasteiger partial charge in [-0.3, -0.25) is 9.80 Å². The first-order chi connectivity index (χ1) is 13.5. The number of fused-ring (bicyclic) bond motifs is 1. The predicted molar refractivity (Wildman–Crippen MR) is 114 cm³/mol. The number of hydrogen-bond donors (Lipinski definition) is 1. The van der Waals surface area contributed by atoms with Crippen molar-refractivity contribution < 1.29 is 4.79 Å². The maximum atomic E-state index is 13.5. The minimum absolute atomic E-state index is 0.105.